The van der Waals surface area contributed by atoms with Crippen molar-refractivity contribution in [3.63, 3.8) is 0 Å². The summed E-state index contributed by atoms with van der Waals surface area (Å²) in [6.45, 7) is 1.80. The van der Waals surface area contributed by atoms with E-state index in [1.807, 2.05) is 6.07 Å². The molecule has 0 aliphatic rings. The summed E-state index contributed by atoms with van der Waals surface area (Å²) < 4.78 is 1.87. The summed E-state index contributed by atoms with van der Waals surface area (Å²) in [6, 6.07) is 1.90. The number of carboxylic acids is 1. The number of hydrogen-bond acceptors (Lipinski definition) is 4. The Labute approximate surface area is 116 Å². The van der Waals surface area contributed by atoms with Gasteiger partial charge in [-0.3, -0.25) is 0 Å². The number of aromatic nitrogens is 1. The molecule has 0 radical (unpaired) electrons. The van der Waals surface area contributed by atoms with Crippen LogP contribution in [0.25, 0.3) is 9.75 Å². The molecule has 0 amide bonds. The fourth-order valence-electron chi connectivity index (χ4n) is 1.20. The summed E-state index contributed by atoms with van der Waals surface area (Å²) in [6.07, 6.45) is 0. The summed E-state index contributed by atoms with van der Waals surface area (Å²) in [4.78, 5) is 16.7. The lowest BCUT2D eigenvalue weighted by atomic mass is 10.3. The van der Waals surface area contributed by atoms with Crippen LogP contribution in [0.15, 0.2) is 14.3 Å². The van der Waals surface area contributed by atoms with Crippen molar-refractivity contribution in [3.05, 3.63) is 25.0 Å². The van der Waals surface area contributed by atoms with E-state index in [2.05, 4.69) is 36.8 Å². The molecule has 7 heteroatoms. The smallest absolute Gasteiger partial charge is 0.356 e. The standard InChI is InChI=1S/C9H5Br2NO2S2/c1-3-12-6(9(13)14)7(15-3)5-2-4(10)8(11)16-5/h2H,1H3,(H,13,14). The molecule has 0 aromatic carbocycles. The van der Waals surface area contributed by atoms with Crippen molar-refractivity contribution in [2.75, 3.05) is 0 Å². The quantitative estimate of drug-likeness (QED) is 0.837. The number of carboxylic acid groups (broad SMARTS) is 1. The van der Waals surface area contributed by atoms with Gasteiger partial charge in [0.1, 0.15) is 0 Å². The van der Waals surface area contributed by atoms with Gasteiger partial charge in [0.05, 0.1) is 13.7 Å². The lowest BCUT2D eigenvalue weighted by Crippen LogP contribution is -1.98. The molecular formula is C9H5Br2NO2S2. The minimum absolute atomic E-state index is 0.128. The molecule has 0 fully saturated rings. The molecule has 2 aromatic heterocycles. The second-order valence-corrected chi connectivity index (χ2v) is 7.38. The van der Waals surface area contributed by atoms with Gasteiger partial charge in [0.15, 0.2) is 5.69 Å². The van der Waals surface area contributed by atoms with E-state index in [1.165, 1.54) is 22.7 Å². The van der Waals surface area contributed by atoms with Gasteiger partial charge in [-0.2, -0.15) is 0 Å². The summed E-state index contributed by atoms with van der Waals surface area (Å²) in [5.74, 6) is -0.986. The fourth-order valence-corrected chi connectivity index (χ4v) is 4.25. The van der Waals surface area contributed by atoms with E-state index in [9.17, 15) is 4.79 Å². The monoisotopic (exact) mass is 381 g/mol. The number of thiophene rings is 1. The molecule has 2 rings (SSSR count). The number of hydrogen-bond donors (Lipinski definition) is 1. The Kier molecular flexibility index (Phi) is 3.48. The van der Waals surface area contributed by atoms with Gasteiger partial charge in [0.25, 0.3) is 0 Å². The maximum absolute atomic E-state index is 11.0. The Morgan fingerprint density at radius 1 is 1.44 bits per heavy atom. The molecule has 0 saturated heterocycles. The van der Waals surface area contributed by atoms with Gasteiger partial charge < -0.3 is 5.11 Å². The Balaban J connectivity index is 2.59. The zero-order valence-electron chi connectivity index (χ0n) is 7.95. The van der Waals surface area contributed by atoms with Gasteiger partial charge in [0.2, 0.25) is 0 Å². The molecule has 0 saturated carbocycles. The number of carbonyl (C=O) groups is 1. The van der Waals surface area contributed by atoms with Gasteiger partial charge in [-0.25, -0.2) is 9.78 Å². The van der Waals surface area contributed by atoms with Crippen molar-refractivity contribution < 1.29 is 9.90 Å². The van der Waals surface area contributed by atoms with Gasteiger partial charge in [-0.15, -0.1) is 22.7 Å². The third-order valence-electron chi connectivity index (χ3n) is 1.81. The predicted octanol–water partition coefficient (Wildman–Crippen LogP) is 4.40. The highest BCUT2D eigenvalue weighted by Crippen LogP contribution is 2.41. The summed E-state index contributed by atoms with van der Waals surface area (Å²) in [5, 5.41) is 9.80. The van der Waals surface area contributed by atoms with E-state index in [1.54, 1.807) is 6.92 Å². The van der Waals surface area contributed by atoms with E-state index in [0.29, 0.717) is 4.88 Å². The van der Waals surface area contributed by atoms with Gasteiger partial charge in [-0.1, -0.05) is 0 Å². The van der Waals surface area contributed by atoms with Crippen molar-refractivity contribution >= 4 is 60.5 Å². The Morgan fingerprint density at radius 2 is 2.12 bits per heavy atom. The molecule has 1 N–H and O–H groups in total. The third kappa shape index (κ3) is 2.22. The average molecular weight is 383 g/mol. The number of aromatic carboxylic acids is 1. The molecule has 0 spiro atoms. The van der Waals surface area contributed by atoms with Crippen LogP contribution >= 0.6 is 54.5 Å². The van der Waals surface area contributed by atoms with Crippen molar-refractivity contribution in [2.45, 2.75) is 6.92 Å². The van der Waals surface area contributed by atoms with Crippen LogP contribution in [0.5, 0.6) is 0 Å². The Hall–Kier alpha value is -0.240. The first kappa shape index (κ1) is 12.2. The number of rotatable bonds is 2. The highest BCUT2D eigenvalue weighted by Gasteiger charge is 2.19. The minimum Gasteiger partial charge on any atom is -0.476 e. The van der Waals surface area contributed by atoms with Crippen LogP contribution in [-0.2, 0) is 0 Å². The van der Waals surface area contributed by atoms with Crippen LogP contribution in [0.1, 0.15) is 15.5 Å². The molecular weight excluding hydrogens is 378 g/mol. The Morgan fingerprint density at radius 3 is 2.62 bits per heavy atom. The van der Waals surface area contributed by atoms with Crippen LogP contribution in [-0.4, -0.2) is 16.1 Å². The number of halogens is 2. The lowest BCUT2D eigenvalue weighted by Gasteiger charge is -1.92. The van der Waals surface area contributed by atoms with E-state index in [4.69, 9.17) is 5.11 Å². The maximum Gasteiger partial charge on any atom is 0.356 e. The molecule has 0 bridgehead atoms. The second kappa shape index (κ2) is 4.56. The normalized spacial score (nSPS) is 10.7. The van der Waals surface area contributed by atoms with E-state index in [-0.39, 0.29) is 5.69 Å². The van der Waals surface area contributed by atoms with Crippen LogP contribution in [0, 0.1) is 6.92 Å². The highest BCUT2D eigenvalue weighted by molar-refractivity contribution is 9.13. The molecule has 16 heavy (non-hydrogen) atoms. The third-order valence-corrected chi connectivity index (χ3v) is 6.21. The SMILES string of the molecule is Cc1nc(C(=O)O)c(-c2cc(Br)c(Br)s2)s1. The first-order valence-electron chi connectivity index (χ1n) is 4.15. The van der Waals surface area contributed by atoms with Crippen molar-refractivity contribution in [2.24, 2.45) is 0 Å². The van der Waals surface area contributed by atoms with Gasteiger partial charge in [0, 0.05) is 9.35 Å². The van der Waals surface area contributed by atoms with Crippen LogP contribution in [0.4, 0.5) is 0 Å². The van der Waals surface area contributed by atoms with Crippen LogP contribution < -0.4 is 0 Å². The average Bonchev–Trinajstić information content (AvgIpc) is 2.71. The topological polar surface area (TPSA) is 50.2 Å². The summed E-state index contributed by atoms with van der Waals surface area (Å²) >= 11 is 9.66. The molecule has 2 aromatic rings. The maximum atomic E-state index is 11.0. The first-order valence-corrected chi connectivity index (χ1v) is 7.37. The van der Waals surface area contributed by atoms with Gasteiger partial charge >= 0.3 is 5.97 Å². The van der Waals surface area contributed by atoms with E-state index in [0.717, 1.165) is 18.1 Å². The summed E-state index contributed by atoms with van der Waals surface area (Å²) in [7, 11) is 0. The van der Waals surface area contributed by atoms with Crippen LogP contribution in [0.3, 0.4) is 0 Å². The number of thiazole rings is 1. The minimum atomic E-state index is -0.986. The molecule has 2 heterocycles. The second-order valence-electron chi connectivity index (χ2n) is 2.95. The fraction of sp³-hybridized carbons (Fsp3) is 0.111. The molecule has 84 valence electrons. The zero-order valence-corrected chi connectivity index (χ0v) is 12.8. The molecule has 0 atom stereocenters. The van der Waals surface area contributed by atoms with Crippen molar-refractivity contribution in [1.29, 1.82) is 0 Å². The van der Waals surface area contributed by atoms with Gasteiger partial charge in [-0.05, 0) is 44.8 Å². The Bertz CT molecular complexity index is 542. The van der Waals surface area contributed by atoms with E-state index < -0.39 is 5.97 Å². The first-order chi connectivity index (χ1) is 7.49. The van der Waals surface area contributed by atoms with E-state index >= 15 is 0 Å². The van der Waals surface area contributed by atoms with Crippen molar-refractivity contribution in [3.8, 4) is 9.75 Å². The highest BCUT2D eigenvalue weighted by atomic mass is 79.9. The zero-order chi connectivity index (χ0) is 11.9. The largest absolute Gasteiger partial charge is 0.476 e. The molecule has 0 unspecified atom stereocenters. The molecule has 0 aliphatic heterocycles. The number of aryl methyl sites for hydroxylation is 1. The lowest BCUT2D eigenvalue weighted by molar-refractivity contribution is 0.0692. The summed E-state index contributed by atoms with van der Waals surface area (Å²) in [5.41, 5.74) is 0.128. The molecule has 3 nitrogen and oxygen atoms in total. The van der Waals surface area contributed by atoms with Crippen molar-refractivity contribution in [1.82, 2.24) is 4.98 Å². The number of nitrogens with zero attached hydrogens (tertiary/aromatic N) is 1. The molecule has 0 aliphatic carbocycles. The predicted molar refractivity (Wildman–Crippen MR) is 72.5 cm³/mol. The van der Waals surface area contributed by atoms with Crippen LogP contribution in [0.2, 0.25) is 0 Å².